The number of ketones is 1. The van der Waals surface area contributed by atoms with Crippen LogP contribution in [0.5, 0.6) is 17.2 Å². The molecule has 0 N–H and O–H groups in total. The van der Waals surface area contributed by atoms with E-state index in [4.69, 9.17) is 24.0 Å². The lowest BCUT2D eigenvalue weighted by molar-refractivity contribution is 0.0955. The van der Waals surface area contributed by atoms with E-state index in [-0.39, 0.29) is 11.7 Å². The number of carbonyl (C=O) groups excluding carboxylic acids is 1. The predicted octanol–water partition coefficient (Wildman–Crippen LogP) is 3.88. The van der Waals surface area contributed by atoms with Gasteiger partial charge in [0.15, 0.2) is 17.1 Å². The molecule has 2 heterocycles. The summed E-state index contributed by atoms with van der Waals surface area (Å²) in [5.74, 6) is 1.97. The van der Waals surface area contributed by atoms with Gasteiger partial charge in [-0.3, -0.25) is 4.79 Å². The average molecular weight is 475 g/mol. The number of hydrogen-bond donors (Lipinski definition) is 0. The molecule has 2 aromatic carbocycles. The zero-order valence-electron chi connectivity index (χ0n) is 20.1. The summed E-state index contributed by atoms with van der Waals surface area (Å²) >= 11 is 0. The van der Waals surface area contributed by atoms with E-state index >= 15 is 0 Å². The van der Waals surface area contributed by atoms with Gasteiger partial charge in [0.25, 0.3) is 0 Å². The second-order valence-electron chi connectivity index (χ2n) is 8.35. The second kappa shape index (κ2) is 9.34. The fourth-order valence-corrected chi connectivity index (χ4v) is 4.68. The van der Waals surface area contributed by atoms with Gasteiger partial charge in [0.2, 0.25) is 0 Å². The van der Waals surface area contributed by atoms with Crippen LogP contribution in [0.15, 0.2) is 42.5 Å². The van der Waals surface area contributed by atoms with Gasteiger partial charge in [-0.2, -0.15) is 5.10 Å². The first-order valence-corrected chi connectivity index (χ1v) is 11.2. The van der Waals surface area contributed by atoms with Crippen LogP contribution in [0.3, 0.4) is 0 Å². The predicted molar refractivity (Wildman–Crippen MR) is 128 cm³/mol. The van der Waals surface area contributed by atoms with Gasteiger partial charge in [-0.1, -0.05) is 18.2 Å². The Morgan fingerprint density at radius 1 is 0.914 bits per heavy atom. The zero-order valence-corrected chi connectivity index (χ0v) is 20.1. The Morgan fingerprint density at radius 2 is 1.66 bits per heavy atom. The van der Waals surface area contributed by atoms with Gasteiger partial charge in [-0.25, -0.2) is 4.52 Å². The number of nitrogens with zero attached hydrogens (tertiary/aromatic N) is 4. The number of fused-ring (bicyclic) bond motifs is 3. The van der Waals surface area contributed by atoms with Crippen molar-refractivity contribution in [3.8, 4) is 28.4 Å². The minimum atomic E-state index is -0.0947. The van der Waals surface area contributed by atoms with Crippen molar-refractivity contribution in [3.05, 3.63) is 65.1 Å². The molecule has 0 saturated carbocycles. The first-order valence-electron chi connectivity index (χ1n) is 11.2. The van der Waals surface area contributed by atoms with Crippen molar-refractivity contribution in [1.82, 2.24) is 19.8 Å². The minimum absolute atomic E-state index is 0.0710. The van der Waals surface area contributed by atoms with Crippen molar-refractivity contribution in [2.45, 2.75) is 25.4 Å². The summed E-state index contributed by atoms with van der Waals surface area (Å²) in [6.45, 7) is 0.295. The molecule has 0 amide bonds. The number of ether oxygens (including phenoxy) is 4. The van der Waals surface area contributed by atoms with Crippen molar-refractivity contribution in [2.75, 3.05) is 28.4 Å². The number of carbonyl (C=O) groups is 1. The van der Waals surface area contributed by atoms with Crippen LogP contribution in [0.4, 0.5) is 0 Å². The molecule has 1 aliphatic rings. The first-order chi connectivity index (χ1) is 17.1. The molecule has 35 heavy (non-hydrogen) atoms. The third kappa shape index (κ3) is 3.97. The third-order valence-corrected chi connectivity index (χ3v) is 6.38. The quantitative estimate of drug-likeness (QED) is 0.398. The highest BCUT2D eigenvalue weighted by Gasteiger charge is 2.33. The maximum Gasteiger partial charge on any atom is 0.185 e. The Bertz CT molecular complexity index is 1400. The maximum absolute atomic E-state index is 13.1. The van der Waals surface area contributed by atoms with E-state index in [1.165, 1.54) is 0 Å². The van der Waals surface area contributed by atoms with Gasteiger partial charge >= 0.3 is 0 Å². The summed E-state index contributed by atoms with van der Waals surface area (Å²) < 4.78 is 23.4. The van der Waals surface area contributed by atoms with Crippen LogP contribution >= 0.6 is 0 Å². The van der Waals surface area contributed by atoms with Crippen LogP contribution < -0.4 is 14.2 Å². The molecule has 4 aromatic rings. The van der Waals surface area contributed by atoms with Gasteiger partial charge in [-0.15, -0.1) is 10.2 Å². The standard InChI is InChI=1S/C26H26N4O5/c1-32-14-20-24(15-5-7-17(33-2)8-6-15)26-28-27-25-21(30(26)29-20)11-16(12-22(25)31)19-10-9-18(34-3)13-23(19)35-4/h5-10,13,16H,11-12,14H2,1-4H3. The van der Waals surface area contributed by atoms with E-state index in [2.05, 4.69) is 10.2 Å². The highest BCUT2D eigenvalue weighted by molar-refractivity contribution is 5.97. The molecule has 1 atom stereocenters. The van der Waals surface area contributed by atoms with E-state index < -0.39 is 0 Å². The molecule has 1 aliphatic carbocycles. The van der Waals surface area contributed by atoms with E-state index in [9.17, 15) is 4.79 Å². The third-order valence-electron chi connectivity index (χ3n) is 6.38. The Labute approximate surface area is 202 Å². The molecule has 0 spiro atoms. The summed E-state index contributed by atoms with van der Waals surface area (Å²) in [5, 5.41) is 13.6. The van der Waals surface area contributed by atoms with Gasteiger partial charge in [0.05, 0.1) is 44.9 Å². The van der Waals surface area contributed by atoms with E-state index in [1.54, 1.807) is 33.0 Å². The van der Waals surface area contributed by atoms with Crippen molar-refractivity contribution >= 4 is 11.4 Å². The molecule has 9 heteroatoms. The fourth-order valence-electron chi connectivity index (χ4n) is 4.68. The van der Waals surface area contributed by atoms with Crippen LogP contribution in [0.25, 0.3) is 16.8 Å². The van der Waals surface area contributed by atoms with E-state index in [1.807, 2.05) is 42.5 Å². The number of methoxy groups -OCH3 is 4. The van der Waals surface area contributed by atoms with Gasteiger partial charge in [0.1, 0.15) is 17.2 Å². The molecule has 9 nitrogen and oxygen atoms in total. The lowest BCUT2D eigenvalue weighted by Gasteiger charge is -2.24. The summed E-state index contributed by atoms with van der Waals surface area (Å²) in [6, 6.07) is 13.3. The Balaban J connectivity index is 1.64. The Hall–Kier alpha value is -3.98. The molecule has 180 valence electrons. The number of rotatable bonds is 7. The highest BCUT2D eigenvalue weighted by atomic mass is 16.5. The first kappa shape index (κ1) is 22.8. The largest absolute Gasteiger partial charge is 0.497 e. The maximum atomic E-state index is 13.1. The second-order valence-corrected chi connectivity index (χ2v) is 8.35. The van der Waals surface area contributed by atoms with Crippen molar-refractivity contribution in [3.63, 3.8) is 0 Å². The van der Waals surface area contributed by atoms with Crippen LogP contribution in [-0.2, 0) is 17.8 Å². The highest BCUT2D eigenvalue weighted by Crippen LogP contribution is 2.39. The SMILES string of the molecule is COCc1nn2c3c(nnc2c1-c1ccc(OC)cc1)C(=O)CC(c1ccc(OC)cc1OC)C3. The fraction of sp³-hybridized carbons (Fsp3) is 0.308. The molecular weight excluding hydrogens is 448 g/mol. The Kier molecular flexibility index (Phi) is 6.08. The van der Waals surface area contributed by atoms with Crippen molar-refractivity contribution in [1.29, 1.82) is 0 Å². The van der Waals surface area contributed by atoms with E-state index in [0.717, 1.165) is 33.8 Å². The summed E-state index contributed by atoms with van der Waals surface area (Å²) in [4.78, 5) is 13.1. The molecule has 0 fully saturated rings. The minimum Gasteiger partial charge on any atom is -0.497 e. The lowest BCUT2D eigenvalue weighted by Crippen LogP contribution is -2.24. The molecule has 0 radical (unpaired) electrons. The van der Waals surface area contributed by atoms with Crippen LogP contribution in [0.2, 0.25) is 0 Å². The summed E-state index contributed by atoms with van der Waals surface area (Å²) in [5.41, 5.74) is 5.06. The molecule has 5 rings (SSSR count). The van der Waals surface area contributed by atoms with Crippen LogP contribution in [0.1, 0.15) is 39.8 Å². The molecule has 0 aliphatic heterocycles. The number of Topliss-reactive ketones (excluding diaryl/α,β-unsaturated/α-hetero) is 1. The normalized spacial score (nSPS) is 15.2. The molecule has 0 bridgehead atoms. The zero-order chi connectivity index (χ0) is 24.5. The van der Waals surface area contributed by atoms with Gasteiger partial charge in [0, 0.05) is 25.5 Å². The molecule has 0 saturated heterocycles. The van der Waals surface area contributed by atoms with E-state index in [0.29, 0.717) is 42.3 Å². The van der Waals surface area contributed by atoms with Crippen molar-refractivity contribution in [2.24, 2.45) is 0 Å². The topological polar surface area (TPSA) is 97.1 Å². The molecule has 2 aromatic heterocycles. The smallest absolute Gasteiger partial charge is 0.185 e. The number of hydrogen-bond acceptors (Lipinski definition) is 8. The van der Waals surface area contributed by atoms with Gasteiger partial charge < -0.3 is 18.9 Å². The summed E-state index contributed by atoms with van der Waals surface area (Å²) in [6.07, 6.45) is 0.874. The summed E-state index contributed by atoms with van der Waals surface area (Å²) in [7, 11) is 6.48. The lowest BCUT2D eigenvalue weighted by atomic mass is 9.83. The van der Waals surface area contributed by atoms with Crippen LogP contribution in [0, 0.1) is 0 Å². The number of aromatic nitrogens is 4. The van der Waals surface area contributed by atoms with Crippen LogP contribution in [-0.4, -0.2) is 54.0 Å². The Morgan fingerprint density at radius 3 is 2.34 bits per heavy atom. The molecular formula is C26H26N4O5. The van der Waals surface area contributed by atoms with Gasteiger partial charge in [-0.05, 0) is 35.7 Å². The van der Waals surface area contributed by atoms with Crippen molar-refractivity contribution < 1.29 is 23.7 Å². The average Bonchev–Trinajstić information content (AvgIpc) is 3.27. The number of benzene rings is 2. The molecule has 1 unspecified atom stereocenters. The monoisotopic (exact) mass is 474 g/mol.